The van der Waals surface area contributed by atoms with Gasteiger partial charge >= 0.3 is 0 Å². The lowest BCUT2D eigenvalue weighted by molar-refractivity contribution is 1.18. The highest BCUT2D eigenvalue weighted by molar-refractivity contribution is 6.31. The number of nitrogens with zero attached hydrogens (tertiary/aromatic N) is 1. The molecule has 0 fully saturated rings. The van der Waals surface area contributed by atoms with E-state index < -0.39 is 0 Å². The quantitative estimate of drug-likeness (QED) is 0.321. The minimum absolute atomic E-state index is 0.759. The first-order valence-corrected chi connectivity index (χ1v) is 9.37. The lowest BCUT2D eigenvalue weighted by atomic mass is 10.1. The molecule has 6 rings (SSSR count). The number of aromatic nitrogens is 2. The molecule has 128 valence electrons. The number of benzene rings is 4. The number of H-pyrrole nitrogens is 1. The van der Waals surface area contributed by atoms with Crippen LogP contribution in [-0.2, 0) is 0 Å². The van der Waals surface area contributed by atoms with Crippen molar-refractivity contribution in [2.24, 2.45) is 0 Å². The third-order valence-electron chi connectivity index (χ3n) is 5.38. The van der Waals surface area contributed by atoms with E-state index in [1.807, 2.05) is 18.2 Å². The Morgan fingerprint density at radius 3 is 2.04 bits per heavy atom. The highest BCUT2D eigenvalue weighted by atomic mass is 35.5. The third kappa shape index (κ3) is 2.08. The number of halogens is 1. The topological polar surface area (TPSA) is 20.7 Å². The van der Waals surface area contributed by atoms with Gasteiger partial charge in [0.2, 0.25) is 0 Å². The smallest absolute Gasteiger partial charge is 0.0541 e. The van der Waals surface area contributed by atoms with E-state index in [-0.39, 0.29) is 0 Å². The van der Waals surface area contributed by atoms with Crippen LogP contribution < -0.4 is 0 Å². The number of hydrogen-bond donors (Lipinski definition) is 1. The molecule has 27 heavy (non-hydrogen) atoms. The number of para-hydroxylation sites is 2. The molecule has 3 heteroatoms. The molecule has 0 aliphatic rings. The van der Waals surface area contributed by atoms with Gasteiger partial charge in [0.15, 0.2) is 0 Å². The summed E-state index contributed by atoms with van der Waals surface area (Å²) in [4.78, 5) is 3.53. The minimum atomic E-state index is 0.759. The molecule has 0 saturated carbocycles. The van der Waals surface area contributed by atoms with E-state index in [4.69, 9.17) is 11.6 Å². The monoisotopic (exact) mass is 366 g/mol. The van der Waals surface area contributed by atoms with Crippen molar-refractivity contribution in [1.29, 1.82) is 0 Å². The molecule has 0 aliphatic heterocycles. The van der Waals surface area contributed by atoms with Gasteiger partial charge in [0, 0.05) is 43.3 Å². The second kappa shape index (κ2) is 5.38. The van der Waals surface area contributed by atoms with Gasteiger partial charge in [-0.05, 0) is 42.5 Å². The Bertz CT molecular complexity index is 1430. The van der Waals surface area contributed by atoms with Crippen molar-refractivity contribution < 1.29 is 0 Å². The van der Waals surface area contributed by atoms with Gasteiger partial charge in [-0.15, -0.1) is 0 Å². The molecular weight excluding hydrogens is 352 g/mol. The molecule has 0 spiro atoms. The van der Waals surface area contributed by atoms with Crippen LogP contribution in [0.2, 0.25) is 5.02 Å². The van der Waals surface area contributed by atoms with Crippen LogP contribution in [0.3, 0.4) is 0 Å². The number of rotatable bonds is 1. The second-order valence-electron chi connectivity index (χ2n) is 6.91. The molecule has 0 aliphatic carbocycles. The van der Waals surface area contributed by atoms with Crippen LogP contribution in [0.1, 0.15) is 0 Å². The predicted molar refractivity (Wildman–Crippen MR) is 115 cm³/mol. The molecule has 0 radical (unpaired) electrons. The molecule has 2 aromatic heterocycles. The maximum absolute atomic E-state index is 6.20. The van der Waals surface area contributed by atoms with Crippen LogP contribution in [-0.4, -0.2) is 9.55 Å². The highest BCUT2D eigenvalue weighted by Gasteiger charge is 2.12. The van der Waals surface area contributed by atoms with Crippen molar-refractivity contribution >= 4 is 55.2 Å². The van der Waals surface area contributed by atoms with Gasteiger partial charge in [-0.1, -0.05) is 54.1 Å². The molecule has 2 nitrogen and oxygen atoms in total. The van der Waals surface area contributed by atoms with Crippen molar-refractivity contribution in [2.75, 3.05) is 0 Å². The van der Waals surface area contributed by atoms with Gasteiger partial charge in [0.25, 0.3) is 0 Å². The fourth-order valence-corrected chi connectivity index (χ4v) is 4.38. The zero-order chi connectivity index (χ0) is 18.0. The SMILES string of the molecule is Clc1ccc2[nH]c3cc(-n4c5ccccc5c5ccccc54)ccc3c2c1. The van der Waals surface area contributed by atoms with E-state index in [1.165, 1.54) is 27.2 Å². The van der Waals surface area contributed by atoms with Gasteiger partial charge in [-0.2, -0.15) is 0 Å². The predicted octanol–water partition coefficient (Wildman–Crippen LogP) is 7.07. The largest absolute Gasteiger partial charge is 0.354 e. The van der Waals surface area contributed by atoms with Gasteiger partial charge in [-0.25, -0.2) is 0 Å². The van der Waals surface area contributed by atoms with Crippen molar-refractivity contribution in [2.45, 2.75) is 0 Å². The van der Waals surface area contributed by atoms with Crippen molar-refractivity contribution in [1.82, 2.24) is 9.55 Å². The first-order valence-electron chi connectivity index (χ1n) is 8.99. The fourth-order valence-electron chi connectivity index (χ4n) is 4.20. The number of aromatic amines is 1. The summed E-state index contributed by atoms with van der Waals surface area (Å²) in [5.74, 6) is 0. The van der Waals surface area contributed by atoms with Crippen LogP contribution in [0.25, 0.3) is 49.3 Å². The van der Waals surface area contributed by atoms with E-state index in [0.29, 0.717) is 0 Å². The Labute approximate surface area is 160 Å². The molecule has 1 N–H and O–H groups in total. The Morgan fingerprint density at radius 1 is 0.593 bits per heavy atom. The fraction of sp³-hybridized carbons (Fsp3) is 0. The summed E-state index contributed by atoms with van der Waals surface area (Å²) in [5, 5.41) is 5.66. The Balaban J connectivity index is 1.71. The lowest BCUT2D eigenvalue weighted by Crippen LogP contribution is -1.93. The van der Waals surface area contributed by atoms with E-state index in [1.54, 1.807) is 0 Å². The van der Waals surface area contributed by atoms with Crippen LogP contribution in [0.4, 0.5) is 0 Å². The summed E-state index contributed by atoms with van der Waals surface area (Å²) in [7, 11) is 0. The van der Waals surface area contributed by atoms with Crippen molar-refractivity contribution in [3.8, 4) is 5.69 Å². The number of fused-ring (bicyclic) bond motifs is 6. The standard InChI is InChI=1S/C24H15ClN2/c25-15-9-12-21-20(13-15)17-11-10-16(14-22(17)26-21)27-23-7-3-1-5-18(23)19-6-2-4-8-24(19)27/h1-14,26H. The minimum Gasteiger partial charge on any atom is -0.354 e. The summed E-state index contributed by atoms with van der Waals surface area (Å²) in [6.45, 7) is 0. The summed E-state index contributed by atoms with van der Waals surface area (Å²) >= 11 is 6.20. The first-order chi connectivity index (χ1) is 13.3. The van der Waals surface area contributed by atoms with Crippen molar-refractivity contribution in [3.63, 3.8) is 0 Å². The molecule has 4 aromatic carbocycles. The van der Waals surface area contributed by atoms with Crippen LogP contribution in [0.15, 0.2) is 84.9 Å². The van der Waals surface area contributed by atoms with E-state index in [9.17, 15) is 0 Å². The second-order valence-corrected chi connectivity index (χ2v) is 7.35. The van der Waals surface area contributed by atoms with Gasteiger partial charge < -0.3 is 9.55 Å². The van der Waals surface area contributed by atoms with Crippen LogP contribution in [0, 0.1) is 0 Å². The maximum atomic E-state index is 6.20. The number of hydrogen-bond acceptors (Lipinski definition) is 0. The van der Waals surface area contributed by atoms with Gasteiger partial charge in [-0.3, -0.25) is 0 Å². The van der Waals surface area contributed by atoms with Crippen LogP contribution in [0.5, 0.6) is 0 Å². The molecule has 0 amide bonds. The maximum Gasteiger partial charge on any atom is 0.0541 e. The third-order valence-corrected chi connectivity index (χ3v) is 5.62. The molecule has 0 unspecified atom stereocenters. The molecule has 0 bridgehead atoms. The summed E-state index contributed by atoms with van der Waals surface area (Å²) < 4.78 is 2.34. The first kappa shape index (κ1) is 14.9. The molecule has 0 atom stereocenters. The zero-order valence-corrected chi connectivity index (χ0v) is 15.2. The van der Waals surface area contributed by atoms with Crippen LogP contribution >= 0.6 is 11.6 Å². The Hall–Kier alpha value is -3.23. The summed E-state index contributed by atoms with van der Waals surface area (Å²) in [5.41, 5.74) is 5.81. The van der Waals surface area contributed by atoms with E-state index in [2.05, 4.69) is 76.3 Å². The average Bonchev–Trinajstić information content (AvgIpc) is 3.23. The normalized spacial score (nSPS) is 11.9. The molecule has 0 saturated heterocycles. The number of nitrogens with one attached hydrogen (secondary N) is 1. The van der Waals surface area contributed by atoms with Gasteiger partial charge in [0.05, 0.1) is 11.0 Å². The zero-order valence-electron chi connectivity index (χ0n) is 14.4. The lowest BCUT2D eigenvalue weighted by Gasteiger charge is -2.08. The van der Waals surface area contributed by atoms with E-state index in [0.717, 1.165) is 27.1 Å². The van der Waals surface area contributed by atoms with E-state index >= 15 is 0 Å². The average molecular weight is 367 g/mol. The molecular formula is C24H15ClN2. The van der Waals surface area contributed by atoms with Gasteiger partial charge in [0.1, 0.15) is 0 Å². The van der Waals surface area contributed by atoms with Crippen molar-refractivity contribution in [3.05, 3.63) is 90.0 Å². The molecule has 2 heterocycles. The Kier molecular flexibility index (Phi) is 2.97. The summed E-state index contributed by atoms with van der Waals surface area (Å²) in [6, 6.07) is 29.7. The highest BCUT2D eigenvalue weighted by Crippen LogP contribution is 2.34. The molecule has 6 aromatic rings. The Morgan fingerprint density at radius 2 is 1.30 bits per heavy atom. The summed E-state index contributed by atoms with van der Waals surface area (Å²) in [6.07, 6.45) is 0.